The van der Waals surface area contributed by atoms with Gasteiger partial charge >= 0.3 is 0 Å². The molecule has 1 aliphatic rings. The maximum atomic E-state index is 12.8. The van der Waals surface area contributed by atoms with Gasteiger partial charge in [0.15, 0.2) is 0 Å². The van der Waals surface area contributed by atoms with Crippen LogP contribution in [0.2, 0.25) is 0 Å². The van der Waals surface area contributed by atoms with Gasteiger partial charge in [-0.15, -0.1) is 0 Å². The molecule has 0 saturated carbocycles. The summed E-state index contributed by atoms with van der Waals surface area (Å²) in [7, 11) is 3.51. The molecule has 0 radical (unpaired) electrons. The highest BCUT2D eigenvalue weighted by molar-refractivity contribution is 5.99. The van der Waals surface area contributed by atoms with E-state index in [1.54, 1.807) is 24.1 Å². The highest BCUT2D eigenvalue weighted by atomic mass is 16.6. The van der Waals surface area contributed by atoms with E-state index in [0.717, 1.165) is 29.8 Å². The van der Waals surface area contributed by atoms with Gasteiger partial charge in [-0.3, -0.25) is 14.9 Å². The van der Waals surface area contributed by atoms with Gasteiger partial charge in [0, 0.05) is 38.4 Å². The summed E-state index contributed by atoms with van der Waals surface area (Å²) in [5.74, 6) is 0.505. The maximum absolute atomic E-state index is 12.8. The zero-order chi connectivity index (χ0) is 19.4. The van der Waals surface area contributed by atoms with Crippen molar-refractivity contribution < 1.29 is 14.5 Å². The second-order valence-electron chi connectivity index (χ2n) is 6.67. The molecule has 3 rings (SSSR count). The second kappa shape index (κ2) is 8.07. The normalized spacial score (nSPS) is 13.5. The van der Waals surface area contributed by atoms with Gasteiger partial charge in [0.2, 0.25) is 0 Å². The van der Waals surface area contributed by atoms with E-state index in [-0.39, 0.29) is 17.2 Å². The van der Waals surface area contributed by atoms with Crippen LogP contribution in [-0.4, -0.2) is 43.0 Å². The van der Waals surface area contributed by atoms with Crippen molar-refractivity contribution in [1.82, 2.24) is 4.90 Å². The molecule has 2 aromatic rings. The molecular weight excluding hydrogens is 346 g/mol. The molecule has 1 aliphatic heterocycles. The largest absolute Gasteiger partial charge is 0.497 e. The molecule has 1 amide bonds. The van der Waals surface area contributed by atoms with Gasteiger partial charge in [-0.2, -0.15) is 0 Å². The lowest BCUT2D eigenvalue weighted by Gasteiger charge is -2.21. The van der Waals surface area contributed by atoms with Crippen molar-refractivity contribution in [1.29, 1.82) is 0 Å². The molecule has 7 nitrogen and oxygen atoms in total. The van der Waals surface area contributed by atoms with Crippen molar-refractivity contribution in [3.63, 3.8) is 0 Å². The number of nitro benzene ring substituents is 1. The average molecular weight is 369 g/mol. The number of amides is 1. The lowest BCUT2D eigenvalue weighted by Crippen LogP contribution is -2.28. The molecule has 1 fully saturated rings. The lowest BCUT2D eigenvalue weighted by atomic mass is 10.1. The van der Waals surface area contributed by atoms with Crippen LogP contribution in [0, 0.1) is 10.1 Å². The Morgan fingerprint density at radius 2 is 1.96 bits per heavy atom. The zero-order valence-electron chi connectivity index (χ0n) is 15.6. The Morgan fingerprint density at radius 1 is 1.22 bits per heavy atom. The van der Waals surface area contributed by atoms with E-state index < -0.39 is 4.92 Å². The first-order chi connectivity index (χ1) is 13.0. The van der Waals surface area contributed by atoms with Gasteiger partial charge in [0.25, 0.3) is 11.6 Å². The number of hydrogen-bond acceptors (Lipinski definition) is 5. The van der Waals surface area contributed by atoms with Crippen molar-refractivity contribution in [2.45, 2.75) is 19.4 Å². The number of methoxy groups -OCH3 is 1. The average Bonchev–Trinajstić information content (AvgIpc) is 3.21. The van der Waals surface area contributed by atoms with Crippen LogP contribution in [0.15, 0.2) is 42.5 Å². The Kier molecular flexibility index (Phi) is 5.59. The standard InChI is InChI=1S/C20H23N3O4/c1-21(14-15-6-5-7-17(12-15)27-2)16-8-9-19(23(25)26)18(13-16)20(24)22-10-3-4-11-22/h5-9,12-13H,3-4,10-11,14H2,1-2H3. The molecule has 0 aliphatic carbocycles. The molecule has 1 heterocycles. The molecule has 1 saturated heterocycles. The number of nitrogens with zero attached hydrogens (tertiary/aromatic N) is 3. The molecule has 27 heavy (non-hydrogen) atoms. The SMILES string of the molecule is COc1cccc(CN(C)c2ccc([N+](=O)[O-])c(C(=O)N3CCCC3)c2)c1. The zero-order valence-corrected chi connectivity index (χ0v) is 15.6. The minimum absolute atomic E-state index is 0.148. The van der Waals surface area contributed by atoms with Crippen LogP contribution in [0.25, 0.3) is 0 Å². The third-order valence-electron chi connectivity index (χ3n) is 4.80. The summed E-state index contributed by atoms with van der Waals surface area (Å²) >= 11 is 0. The van der Waals surface area contributed by atoms with Crippen molar-refractivity contribution in [3.8, 4) is 5.75 Å². The second-order valence-corrected chi connectivity index (χ2v) is 6.67. The van der Waals surface area contributed by atoms with Crippen molar-refractivity contribution in [3.05, 3.63) is 63.7 Å². The molecule has 7 heteroatoms. The Hall–Kier alpha value is -3.09. The minimum atomic E-state index is -0.491. The van der Waals surface area contributed by atoms with Crippen LogP contribution in [0.5, 0.6) is 5.75 Å². The van der Waals surface area contributed by atoms with E-state index in [1.165, 1.54) is 6.07 Å². The maximum Gasteiger partial charge on any atom is 0.282 e. The molecule has 0 spiro atoms. The smallest absolute Gasteiger partial charge is 0.282 e. The number of likely N-dealkylation sites (tertiary alicyclic amines) is 1. The summed E-state index contributed by atoms with van der Waals surface area (Å²) < 4.78 is 5.25. The van der Waals surface area contributed by atoms with E-state index in [4.69, 9.17) is 4.74 Å². The number of ether oxygens (including phenoxy) is 1. The first-order valence-electron chi connectivity index (χ1n) is 8.91. The Balaban J connectivity index is 1.87. The fourth-order valence-electron chi connectivity index (χ4n) is 3.32. The summed E-state index contributed by atoms with van der Waals surface area (Å²) in [5.41, 5.74) is 1.80. The predicted octanol–water partition coefficient (Wildman–Crippen LogP) is 3.48. The fraction of sp³-hybridized carbons (Fsp3) is 0.350. The number of anilines is 1. The first-order valence-corrected chi connectivity index (χ1v) is 8.91. The Bertz CT molecular complexity index is 847. The third kappa shape index (κ3) is 4.19. The van der Waals surface area contributed by atoms with Crippen LogP contribution >= 0.6 is 0 Å². The number of benzene rings is 2. The minimum Gasteiger partial charge on any atom is -0.497 e. The van der Waals surface area contributed by atoms with Crippen LogP contribution in [-0.2, 0) is 6.54 Å². The highest BCUT2D eigenvalue weighted by Crippen LogP contribution is 2.28. The van der Waals surface area contributed by atoms with Crippen molar-refractivity contribution in [2.24, 2.45) is 0 Å². The summed E-state index contributed by atoms with van der Waals surface area (Å²) in [6.07, 6.45) is 1.88. The van der Waals surface area contributed by atoms with Crippen LogP contribution in [0.1, 0.15) is 28.8 Å². The fourth-order valence-corrected chi connectivity index (χ4v) is 3.32. The van der Waals surface area contributed by atoms with E-state index in [0.29, 0.717) is 19.6 Å². The summed E-state index contributed by atoms with van der Waals surface area (Å²) in [5, 5.41) is 11.4. The Labute approximate surface area is 158 Å². The summed E-state index contributed by atoms with van der Waals surface area (Å²) in [6, 6.07) is 12.4. The van der Waals surface area contributed by atoms with Gasteiger partial charge in [-0.25, -0.2) is 0 Å². The highest BCUT2D eigenvalue weighted by Gasteiger charge is 2.27. The topological polar surface area (TPSA) is 75.9 Å². The van der Waals surface area contributed by atoms with Gasteiger partial charge in [-0.05, 0) is 42.7 Å². The molecule has 2 aromatic carbocycles. The molecule has 0 N–H and O–H groups in total. The van der Waals surface area contributed by atoms with Crippen LogP contribution in [0.4, 0.5) is 11.4 Å². The first kappa shape index (κ1) is 18.7. The molecular formula is C20H23N3O4. The third-order valence-corrected chi connectivity index (χ3v) is 4.80. The monoisotopic (exact) mass is 369 g/mol. The van der Waals surface area contributed by atoms with E-state index in [9.17, 15) is 14.9 Å². The number of hydrogen-bond donors (Lipinski definition) is 0. The Morgan fingerprint density at radius 3 is 2.63 bits per heavy atom. The van der Waals surface area contributed by atoms with E-state index in [2.05, 4.69) is 0 Å². The van der Waals surface area contributed by atoms with Gasteiger partial charge in [-0.1, -0.05) is 12.1 Å². The lowest BCUT2D eigenvalue weighted by molar-refractivity contribution is -0.385. The van der Waals surface area contributed by atoms with E-state index in [1.807, 2.05) is 36.2 Å². The molecule has 0 bridgehead atoms. The molecule has 142 valence electrons. The van der Waals surface area contributed by atoms with E-state index >= 15 is 0 Å². The molecule has 0 aromatic heterocycles. The van der Waals surface area contributed by atoms with Gasteiger partial charge in [0.1, 0.15) is 11.3 Å². The summed E-state index contributed by atoms with van der Waals surface area (Å²) in [4.78, 5) is 27.3. The summed E-state index contributed by atoms with van der Waals surface area (Å²) in [6.45, 7) is 1.89. The van der Waals surface area contributed by atoms with Crippen molar-refractivity contribution >= 4 is 17.3 Å². The number of nitro groups is 1. The van der Waals surface area contributed by atoms with Gasteiger partial charge < -0.3 is 14.5 Å². The molecule has 0 atom stereocenters. The van der Waals surface area contributed by atoms with Crippen LogP contribution in [0.3, 0.4) is 0 Å². The van der Waals surface area contributed by atoms with Crippen molar-refractivity contribution in [2.75, 3.05) is 32.1 Å². The van der Waals surface area contributed by atoms with Gasteiger partial charge in [0.05, 0.1) is 12.0 Å². The molecule has 0 unspecified atom stereocenters. The predicted molar refractivity (Wildman–Crippen MR) is 103 cm³/mol. The number of carbonyl (C=O) groups is 1. The number of carbonyl (C=O) groups excluding carboxylic acids is 1. The number of rotatable bonds is 6. The van der Waals surface area contributed by atoms with Crippen LogP contribution < -0.4 is 9.64 Å². The quantitative estimate of drug-likeness (QED) is 0.576.